The maximum absolute atomic E-state index is 11.6. The van der Waals surface area contributed by atoms with Crippen LogP contribution >= 0.6 is 0 Å². The maximum Gasteiger partial charge on any atom is 0.326 e. The first-order valence-electron chi connectivity index (χ1n) is 5.08. The summed E-state index contributed by atoms with van der Waals surface area (Å²) in [6.45, 7) is 6.77. The van der Waals surface area contributed by atoms with Gasteiger partial charge in [0.15, 0.2) is 5.92 Å². The summed E-state index contributed by atoms with van der Waals surface area (Å²) in [5.74, 6) is -2.35. The first-order chi connectivity index (χ1) is 7.27. The Labute approximate surface area is 94.3 Å². The van der Waals surface area contributed by atoms with E-state index in [4.69, 9.17) is 14.7 Å². The SMILES string of the molecule is CC1C(OC(=O)C(C)(C)C)OC(=O)C1C#N. The van der Waals surface area contributed by atoms with E-state index in [-0.39, 0.29) is 0 Å². The van der Waals surface area contributed by atoms with Gasteiger partial charge in [-0.15, -0.1) is 0 Å². The van der Waals surface area contributed by atoms with Crippen LogP contribution in [0.5, 0.6) is 0 Å². The van der Waals surface area contributed by atoms with E-state index >= 15 is 0 Å². The number of nitriles is 1. The highest BCUT2D eigenvalue weighted by molar-refractivity contribution is 5.79. The van der Waals surface area contributed by atoms with Gasteiger partial charge in [-0.2, -0.15) is 5.26 Å². The second-order valence-corrected chi connectivity index (χ2v) is 4.93. The van der Waals surface area contributed by atoms with Gasteiger partial charge in [0.25, 0.3) is 6.29 Å². The van der Waals surface area contributed by atoms with Crippen LogP contribution in [0.1, 0.15) is 27.7 Å². The molecular formula is C11H15NO4. The Hall–Kier alpha value is -1.57. The molecule has 1 fully saturated rings. The van der Waals surface area contributed by atoms with Gasteiger partial charge in [0.05, 0.1) is 17.4 Å². The Morgan fingerprint density at radius 2 is 2.06 bits per heavy atom. The number of nitrogens with zero attached hydrogens (tertiary/aromatic N) is 1. The zero-order valence-corrected chi connectivity index (χ0v) is 9.81. The molecule has 5 nitrogen and oxygen atoms in total. The molecular weight excluding hydrogens is 210 g/mol. The van der Waals surface area contributed by atoms with Crippen molar-refractivity contribution in [3.05, 3.63) is 0 Å². The van der Waals surface area contributed by atoms with Crippen molar-refractivity contribution in [1.82, 2.24) is 0 Å². The van der Waals surface area contributed by atoms with Crippen LogP contribution in [0, 0.1) is 28.6 Å². The Morgan fingerprint density at radius 1 is 1.50 bits per heavy atom. The molecule has 0 saturated carbocycles. The summed E-state index contributed by atoms with van der Waals surface area (Å²) in [5.41, 5.74) is -0.656. The van der Waals surface area contributed by atoms with Crippen LogP contribution in [0.4, 0.5) is 0 Å². The molecule has 1 rings (SSSR count). The van der Waals surface area contributed by atoms with Crippen molar-refractivity contribution in [2.75, 3.05) is 0 Å². The highest BCUT2D eigenvalue weighted by Crippen LogP contribution is 2.30. The van der Waals surface area contributed by atoms with Gasteiger partial charge in [0.1, 0.15) is 0 Å². The minimum Gasteiger partial charge on any atom is -0.424 e. The monoisotopic (exact) mass is 225 g/mol. The van der Waals surface area contributed by atoms with Gasteiger partial charge < -0.3 is 9.47 Å². The number of hydrogen-bond acceptors (Lipinski definition) is 5. The largest absolute Gasteiger partial charge is 0.424 e. The molecule has 0 aromatic heterocycles. The van der Waals surface area contributed by atoms with E-state index in [2.05, 4.69) is 0 Å². The average Bonchev–Trinajstić information content (AvgIpc) is 2.40. The van der Waals surface area contributed by atoms with E-state index in [1.54, 1.807) is 27.7 Å². The lowest BCUT2D eigenvalue weighted by atomic mass is 9.96. The van der Waals surface area contributed by atoms with Crippen LogP contribution in [0.15, 0.2) is 0 Å². The summed E-state index contributed by atoms with van der Waals surface area (Å²) in [7, 11) is 0. The lowest BCUT2D eigenvalue weighted by Gasteiger charge is -2.21. The van der Waals surface area contributed by atoms with Crippen molar-refractivity contribution >= 4 is 11.9 Å². The minimum absolute atomic E-state index is 0.427. The zero-order chi connectivity index (χ0) is 12.5. The smallest absolute Gasteiger partial charge is 0.326 e. The van der Waals surface area contributed by atoms with Crippen LogP contribution < -0.4 is 0 Å². The second kappa shape index (κ2) is 4.12. The topological polar surface area (TPSA) is 76.4 Å². The lowest BCUT2D eigenvalue weighted by Crippen LogP contribution is -2.31. The minimum atomic E-state index is -0.941. The molecule has 0 N–H and O–H groups in total. The third-order valence-corrected chi connectivity index (χ3v) is 2.42. The van der Waals surface area contributed by atoms with Crippen molar-refractivity contribution in [3.8, 4) is 6.07 Å². The van der Waals surface area contributed by atoms with Crippen LogP contribution in [-0.2, 0) is 19.1 Å². The molecule has 0 spiro atoms. The van der Waals surface area contributed by atoms with E-state index in [1.165, 1.54) is 0 Å². The molecule has 0 aromatic carbocycles. The molecule has 0 bridgehead atoms. The average molecular weight is 225 g/mol. The van der Waals surface area contributed by atoms with Crippen LogP contribution in [-0.4, -0.2) is 18.2 Å². The predicted molar refractivity (Wildman–Crippen MR) is 53.7 cm³/mol. The molecule has 88 valence electrons. The summed E-state index contributed by atoms with van der Waals surface area (Å²) >= 11 is 0. The number of ether oxygens (including phenoxy) is 2. The molecule has 0 amide bonds. The van der Waals surface area contributed by atoms with Crippen molar-refractivity contribution in [2.24, 2.45) is 17.3 Å². The van der Waals surface area contributed by atoms with Crippen molar-refractivity contribution in [2.45, 2.75) is 34.0 Å². The fourth-order valence-electron chi connectivity index (χ4n) is 1.25. The first kappa shape index (κ1) is 12.5. The first-order valence-corrected chi connectivity index (χ1v) is 5.08. The van der Waals surface area contributed by atoms with Gasteiger partial charge in [-0.25, -0.2) is 0 Å². The van der Waals surface area contributed by atoms with Crippen molar-refractivity contribution in [1.29, 1.82) is 5.26 Å². The maximum atomic E-state index is 11.6. The summed E-state index contributed by atoms with van der Waals surface area (Å²) in [6.07, 6.45) is -0.941. The molecule has 0 aliphatic carbocycles. The zero-order valence-electron chi connectivity index (χ0n) is 9.81. The van der Waals surface area contributed by atoms with Gasteiger partial charge in [0.2, 0.25) is 0 Å². The molecule has 5 heteroatoms. The van der Waals surface area contributed by atoms with Gasteiger partial charge in [-0.3, -0.25) is 9.59 Å². The van der Waals surface area contributed by atoms with Gasteiger partial charge in [-0.05, 0) is 20.8 Å². The number of rotatable bonds is 1. The van der Waals surface area contributed by atoms with E-state index < -0.39 is 35.5 Å². The molecule has 1 saturated heterocycles. The second-order valence-electron chi connectivity index (χ2n) is 4.93. The third kappa shape index (κ3) is 2.32. The van der Waals surface area contributed by atoms with E-state index in [1.807, 2.05) is 6.07 Å². The van der Waals surface area contributed by atoms with Gasteiger partial charge in [0, 0.05) is 0 Å². The van der Waals surface area contributed by atoms with Gasteiger partial charge >= 0.3 is 11.9 Å². The summed E-state index contributed by atoms with van der Waals surface area (Å²) in [6, 6.07) is 1.84. The Morgan fingerprint density at radius 3 is 2.44 bits per heavy atom. The standard InChI is InChI=1S/C11H15NO4/c1-6-7(5-12)8(13)15-9(6)16-10(14)11(2,3)4/h6-7,9H,1-4H3. The molecule has 3 unspecified atom stereocenters. The van der Waals surface area contributed by atoms with E-state index in [0.29, 0.717) is 0 Å². The summed E-state index contributed by atoms with van der Waals surface area (Å²) < 4.78 is 9.90. The van der Waals surface area contributed by atoms with Crippen LogP contribution in [0.25, 0.3) is 0 Å². The Balaban J connectivity index is 2.69. The predicted octanol–water partition coefficient (Wildman–Crippen LogP) is 1.23. The molecule has 1 heterocycles. The van der Waals surface area contributed by atoms with Gasteiger partial charge in [-0.1, -0.05) is 6.92 Å². The number of carbonyl (C=O) groups is 2. The molecule has 16 heavy (non-hydrogen) atoms. The van der Waals surface area contributed by atoms with Crippen molar-refractivity contribution in [3.63, 3.8) is 0 Å². The molecule has 0 aromatic rings. The fraction of sp³-hybridized carbons (Fsp3) is 0.727. The van der Waals surface area contributed by atoms with E-state index in [0.717, 1.165) is 0 Å². The number of cyclic esters (lactones) is 1. The Bertz CT molecular complexity index is 350. The normalized spacial score (nSPS) is 29.4. The molecule has 1 aliphatic rings. The molecule has 1 aliphatic heterocycles. The fourth-order valence-corrected chi connectivity index (χ4v) is 1.25. The molecule has 0 radical (unpaired) electrons. The number of carbonyl (C=O) groups excluding carboxylic acids is 2. The summed E-state index contributed by atoms with van der Waals surface area (Å²) in [4.78, 5) is 22.8. The summed E-state index contributed by atoms with van der Waals surface area (Å²) in [5, 5.41) is 8.73. The third-order valence-electron chi connectivity index (χ3n) is 2.42. The van der Waals surface area contributed by atoms with Crippen LogP contribution in [0.2, 0.25) is 0 Å². The quantitative estimate of drug-likeness (QED) is 0.627. The number of hydrogen-bond donors (Lipinski definition) is 0. The number of esters is 2. The van der Waals surface area contributed by atoms with Crippen molar-refractivity contribution < 1.29 is 19.1 Å². The highest BCUT2D eigenvalue weighted by Gasteiger charge is 2.45. The lowest BCUT2D eigenvalue weighted by molar-refractivity contribution is -0.188. The highest BCUT2D eigenvalue weighted by atomic mass is 16.7. The van der Waals surface area contributed by atoms with Crippen LogP contribution in [0.3, 0.4) is 0 Å². The van der Waals surface area contributed by atoms with E-state index in [9.17, 15) is 9.59 Å². The molecule has 3 atom stereocenters. The Kier molecular flexibility index (Phi) is 3.22.